The van der Waals surface area contributed by atoms with Gasteiger partial charge in [-0.2, -0.15) is 5.10 Å². The van der Waals surface area contributed by atoms with Crippen LogP contribution in [0, 0.1) is 0 Å². The van der Waals surface area contributed by atoms with Crippen LogP contribution in [-0.4, -0.2) is 31.8 Å². The molecule has 0 spiro atoms. The number of carbonyl (C=O) groups is 2. The van der Waals surface area contributed by atoms with Gasteiger partial charge in [-0.3, -0.25) is 4.79 Å². The third-order valence-corrected chi connectivity index (χ3v) is 4.36. The predicted molar refractivity (Wildman–Crippen MR) is 121 cm³/mol. The maximum absolute atomic E-state index is 12.5. The third-order valence-electron chi connectivity index (χ3n) is 4.36. The SMILES string of the molecule is CCOc1cc(C=NNC(=O)c2ccccc2N)ccc1OC(=O)c1cccc(OC)c1. The van der Waals surface area contributed by atoms with E-state index in [0.717, 1.165) is 0 Å². The van der Waals surface area contributed by atoms with Crippen molar-refractivity contribution in [3.8, 4) is 17.2 Å². The van der Waals surface area contributed by atoms with Gasteiger partial charge in [0.25, 0.3) is 5.91 Å². The van der Waals surface area contributed by atoms with Gasteiger partial charge in [0, 0.05) is 5.69 Å². The zero-order valence-corrected chi connectivity index (χ0v) is 17.7. The van der Waals surface area contributed by atoms with Crippen molar-refractivity contribution in [3.63, 3.8) is 0 Å². The summed E-state index contributed by atoms with van der Waals surface area (Å²) < 4.78 is 16.2. The zero-order chi connectivity index (χ0) is 22.9. The van der Waals surface area contributed by atoms with Crippen molar-refractivity contribution in [1.29, 1.82) is 0 Å². The molecule has 0 saturated heterocycles. The number of hydrogen-bond acceptors (Lipinski definition) is 7. The summed E-state index contributed by atoms with van der Waals surface area (Å²) in [5.74, 6) is 0.215. The van der Waals surface area contributed by atoms with Gasteiger partial charge in [0.1, 0.15) is 5.75 Å². The molecule has 0 heterocycles. The lowest BCUT2D eigenvalue weighted by atomic mass is 10.2. The minimum atomic E-state index is -0.543. The Kier molecular flexibility index (Phi) is 7.42. The van der Waals surface area contributed by atoms with Gasteiger partial charge in [-0.05, 0) is 61.0 Å². The number of esters is 1. The van der Waals surface area contributed by atoms with Gasteiger partial charge < -0.3 is 19.9 Å². The molecule has 0 atom stereocenters. The average Bonchev–Trinajstić information content (AvgIpc) is 2.81. The number of anilines is 1. The molecule has 0 saturated carbocycles. The van der Waals surface area contributed by atoms with Crippen molar-refractivity contribution in [2.24, 2.45) is 5.10 Å². The standard InChI is InChI=1S/C24H23N3O5/c1-3-31-22-13-16(15-26-27-23(28)19-9-4-5-10-20(19)25)11-12-21(22)32-24(29)17-7-6-8-18(14-17)30-2/h4-15H,3,25H2,1-2H3,(H,27,28). The van der Waals surface area contributed by atoms with E-state index in [4.69, 9.17) is 19.9 Å². The van der Waals surface area contributed by atoms with Gasteiger partial charge in [0.15, 0.2) is 11.5 Å². The van der Waals surface area contributed by atoms with Crippen molar-refractivity contribution in [3.05, 3.63) is 83.4 Å². The highest BCUT2D eigenvalue weighted by molar-refractivity contribution is 5.99. The second kappa shape index (κ2) is 10.6. The van der Waals surface area contributed by atoms with Crippen LogP contribution in [-0.2, 0) is 0 Å². The Hall–Kier alpha value is -4.33. The van der Waals surface area contributed by atoms with Gasteiger partial charge in [-0.1, -0.05) is 18.2 Å². The Morgan fingerprint density at radius 3 is 2.59 bits per heavy atom. The number of amides is 1. The molecule has 8 heteroatoms. The molecule has 0 fully saturated rings. The van der Waals surface area contributed by atoms with E-state index in [2.05, 4.69) is 10.5 Å². The number of benzene rings is 3. The van der Waals surface area contributed by atoms with Gasteiger partial charge in [-0.25, -0.2) is 10.2 Å². The molecule has 0 radical (unpaired) electrons. The molecule has 8 nitrogen and oxygen atoms in total. The number of ether oxygens (including phenoxy) is 3. The van der Waals surface area contributed by atoms with Crippen LogP contribution >= 0.6 is 0 Å². The van der Waals surface area contributed by atoms with Gasteiger partial charge in [0.2, 0.25) is 0 Å². The van der Waals surface area contributed by atoms with Crippen LogP contribution in [0.1, 0.15) is 33.2 Å². The van der Waals surface area contributed by atoms with Gasteiger partial charge in [-0.15, -0.1) is 0 Å². The number of rotatable bonds is 8. The molecule has 164 valence electrons. The summed E-state index contributed by atoms with van der Waals surface area (Å²) in [6, 6.07) is 18.3. The van der Waals surface area contributed by atoms with Crippen LogP contribution in [0.2, 0.25) is 0 Å². The Bertz CT molecular complexity index is 1140. The fourth-order valence-corrected chi connectivity index (χ4v) is 2.80. The first-order chi connectivity index (χ1) is 15.5. The smallest absolute Gasteiger partial charge is 0.343 e. The first-order valence-corrected chi connectivity index (χ1v) is 9.82. The topological polar surface area (TPSA) is 112 Å². The summed E-state index contributed by atoms with van der Waals surface area (Å²) in [4.78, 5) is 24.7. The monoisotopic (exact) mass is 433 g/mol. The first kappa shape index (κ1) is 22.4. The van der Waals surface area contributed by atoms with Crippen molar-refractivity contribution in [1.82, 2.24) is 5.43 Å². The number of nitrogens with two attached hydrogens (primary N) is 1. The normalized spacial score (nSPS) is 10.6. The van der Waals surface area contributed by atoms with Crippen molar-refractivity contribution < 1.29 is 23.8 Å². The summed E-state index contributed by atoms with van der Waals surface area (Å²) in [5.41, 5.74) is 9.90. The van der Waals surface area contributed by atoms with Crippen LogP contribution in [0.15, 0.2) is 71.8 Å². The first-order valence-electron chi connectivity index (χ1n) is 9.82. The largest absolute Gasteiger partial charge is 0.497 e. The molecule has 0 aliphatic rings. The summed E-state index contributed by atoms with van der Waals surface area (Å²) in [5, 5.41) is 3.96. The molecular weight excluding hydrogens is 410 g/mol. The summed E-state index contributed by atoms with van der Waals surface area (Å²) in [6.07, 6.45) is 1.45. The summed E-state index contributed by atoms with van der Waals surface area (Å²) in [6.45, 7) is 2.19. The predicted octanol–water partition coefficient (Wildman–Crippen LogP) is 3.66. The molecular formula is C24H23N3O5. The number of carbonyl (C=O) groups excluding carboxylic acids is 2. The molecule has 0 bridgehead atoms. The molecule has 0 aliphatic carbocycles. The van der Waals surface area contributed by atoms with E-state index in [-0.39, 0.29) is 5.75 Å². The fourth-order valence-electron chi connectivity index (χ4n) is 2.80. The maximum atomic E-state index is 12.5. The molecule has 3 rings (SSSR count). The quantitative estimate of drug-likeness (QED) is 0.184. The minimum absolute atomic E-state index is 0.262. The van der Waals surface area contributed by atoms with E-state index in [9.17, 15) is 9.59 Å². The number of nitrogens with one attached hydrogen (secondary N) is 1. The van der Waals surface area contributed by atoms with Crippen molar-refractivity contribution >= 4 is 23.8 Å². The summed E-state index contributed by atoms with van der Waals surface area (Å²) >= 11 is 0. The Morgan fingerprint density at radius 1 is 1.03 bits per heavy atom. The molecule has 0 aliphatic heterocycles. The average molecular weight is 433 g/mol. The number of methoxy groups -OCH3 is 1. The third kappa shape index (κ3) is 5.63. The minimum Gasteiger partial charge on any atom is -0.497 e. The number of para-hydroxylation sites is 1. The lowest BCUT2D eigenvalue weighted by Gasteiger charge is -2.11. The van der Waals surface area contributed by atoms with Gasteiger partial charge in [0.05, 0.1) is 31.1 Å². The molecule has 3 aromatic carbocycles. The van der Waals surface area contributed by atoms with Gasteiger partial charge >= 0.3 is 5.97 Å². The molecule has 0 unspecified atom stereocenters. The highest BCUT2D eigenvalue weighted by Crippen LogP contribution is 2.29. The summed E-state index contributed by atoms with van der Waals surface area (Å²) in [7, 11) is 1.52. The van der Waals surface area contributed by atoms with E-state index in [1.807, 2.05) is 6.92 Å². The van der Waals surface area contributed by atoms with E-state index in [1.54, 1.807) is 66.7 Å². The van der Waals surface area contributed by atoms with Crippen molar-refractivity contribution in [2.45, 2.75) is 6.92 Å². The second-order valence-electron chi connectivity index (χ2n) is 6.55. The van der Waals surface area contributed by atoms with E-state index in [1.165, 1.54) is 13.3 Å². The number of nitrogen functional groups attached to an aromatic ring is 1. The van der Waals surface area contributed by atoms with Crippen LogP contribution in [0.5, 0.6) is 17.2 Å². The zero-order valence-electron chi connectivity index (χ0n) is 17.7. The number of hydrogen-bond donors (Lipinski definition) is 2. The maximum Gasteiger partial charge on any atom is 0.343 e. The molecule has 0 aromatic heterocycles. The molecule has 1 amide bonds. The Morgan fingerprint density at radius 2 is 1.84 bits per heavy atom. The molecule has 3 aromatic rings. The van der Waals surface area contributed by atoms with E-state index in [0.29, 0.717) is 40.5 Å². The lowest BCUT2D eigenvalue weighted by molar-refractivity contribution is 0.0727. The Labute approximate surface area is 185 Å². The van der Waals surface area contributed by atoms with Crippen LogP contribution in [0.25, 0.3) is 0 Å². The van der Waals surface area contributed by atoms with E-state index >= 15 is 0 Å². The Balaban J connectivity index is 1.72. The molecule has 32 heavy (non-hydrogen) atoms. The number of hydrazone groups is 1. The van der Waals surface area contributed by atoms with Crippen LogP contribution in [0.3, 0.4) is 0 Å². The van der Waals surface area contributed by atoms with Crippen LogP contribution in [0.4, 0.5) is 5.69 Å². The van der Waals surface area contributed by atoms with Crippen LogP contribution < -0.4 is 25.4 Å². The van der Waals surface area contributed by atoms with Crippen molar-refractivity contribution in [2.75, 3.05) is 19.5 Å². The highest BCUT2D eigenvalue weighted by Gasteiger charge is 2.14. The number of nitrogens with zero attached hydrogens (tertiary/aromatic N) is 1. The highest BCUT2D eigenvalue weighted by atomic mass is 16.6. The molecule has 3 N–H and O–H groups in total. The second-order valence-corrected chi connectivity index (χ2v) is 6.55. The lowest BCUT2D eigenvalue weighted by Crippen LogP contribution is -2.19. The fraction of sp³-hybridized carbons (Fsp3) is 0.125. The van der Waals surface area contributed by atoms with E-state index < -0.39 is 11.9 Å².